The van der Waals surface area contributed by atoms with E-state index in [9.17, 15) is 0 Å². The summed E-state index contributed by atoms with van der Waals surface area (Å²) in [6.45, 7) is 5.36. The lowest BCUT2D eigenvalue weighted by Crippen LogP contribution is -2.24. The maximum absolute atomic E-state index is 5.33. The second kappa shape index (κ2) is 7.80. The Morgan fingerprint density at radius 1 is 1.36 bits per heavy atom. The summed E-state index contributed by atoms with van der Waals surface area (Å²) in [5.41, 5.74) is 0. The van der Waals surface area contributed by atoms with Gasteiger partial charge in [-0.3, -0.25) is 0 Å². The van der Waals surface area contributed by atoms with Gasteiger partial charge in [0.1, 0.15) is 15.4 Å². The Bertz CT molecular complexity index is 114. The molecule has 0 aromatic carbocycles. The number of hydrogen-bond donors (Lipinski definition) is 0. The second-order valence-corrected chi connectivity index (χ2v) is 3.83. The van der Waals surface area contributed by atoms with Gasteiger partial charge in [-0.2, -0.15) is 0 Å². The number of rotatable bonds is 6. The van der Waals surface area contributed by atoms with Crippen molar-refractivity contribution < 1.29 is 9.47 Å². The van der Waals surface area contributed by atoms with E-state index in [-0.39, 0.29) is 15.4 Å². The van der Waals surface area contributed by atoms with Crippen molar-refractivity contribution >= 4 is 9.52 Å². The minimum atomic E-state index is -0.377. The summed E-state index contributed by atoms with van der Waals surface area (Å²) in [5.74, 6) is 2.65. The monoisotopic (exact) mass is 172 g/mol. The molecule has 0 aromatic heterocycles. The Hall–Kier alpha value is -0.303. The van der Waals surface area contributed by atoms with Crippen LogP contribution < -0.4 is 0 Å². The molecule has 0 aliphatic carbocycles. The Balaban J connectivity index is 3.44. The maximum Gasteiger partial charge on any atom is 0.135 e. The maximum atomic E-state index is 5.33. The van der Waals surface area contributed by atoms with Crippen LogP contribution in [-0.2, 0) is 9.47 Å². The van der Waals surface area contributed by atoms with Crippen molar-refractivity contribution in [1.29, 1.82) is 0 Å². The van der Waals surface area contributed by atoms with Crippen LogP contribution in [0.4, 0.5) is 0 Å². The molecule has 64 valence electrons. The highest BCUT2D eigenvalue weighted by atomic mass is 28.2. The molecule has 0 bridgehead atoms. The molecule has 0 aliphatic heterocycles. The molecule has 11 heavy (non-hydrogen) atoms. The SMILES string of the molecule is C#CC[SiH2]C(OCC)OCC. The van der Waals surface area contributed by atoms with Gasteiger partial charge in [-0.05, 0) is 13.8 Å². The quantitative estimate of drug-likeness (QED) is 0.331. The number of hydrogen-bond acceptors (Lipinski definition) is 2. The summed E-state index contributed by atoms with van der Waals surface area (Å²) in [7, 11) is -0.377. The molecule has 0 rings (SSSR count). The zero-order valence-corrected chi connectivity index (χ0v) is 8.71. The molecule has 2 nitrogen and oxygen atoms in total. The topological polar surface area (TPSA) is 18.5 Å². The van der Waals surface area contributed by atoms with E-state index < -0.39 is 0 Å². The predicted molar refractivity (Wildman–Crippen MR) is 49.2 cm³/mol. The summed E-state index contributed by atoms with van der Waals surface area (Å²) in [4.78, 5) is 0. The highest BCUT2D eigenvalue weighted by molar-refractivity contribution is 6.37. The van der Waals surface area contributed by atoms with E-state index in [2.05, 4.69) is 5.92 Å². The van der Waals surface area contributed by atoms with E-state index in [0.717, 1.165) is 6.04 Å². The van der Waals surface area contributed by atoms with Crippen LogP contribution in [0.2, 0.25) is 6.04 Å². The summed E-state index contributed by atoms with van der Waals surface area (Å²) < 4.78 is 10.7. The third kappa shape index (κ3) is 6.11. The van der Waals surface area contributed by atoms with E-state index >= 15 is 0 Å². The van der Waals surface area contributed by atoms with Crippen molar-refractivity contribution in [1.82, 2.24) is 0 Å². The fourth-order valence-corrected chi connectivity index (χ4v) is 1.99. The summed E-state index contributed by atoms with van der Waals surface area (Å²) in [6, 6.07) is 0.852. The molecular weight excluding hydrogens is 156 g/mol. The van der Waals surface area contributed by atoms with E-state index in [4.69, 9.17) is 15.9 Å². The summed E-state index contributed by atoms with van der Waals surface area (Å²) >= 11 is 0. The van der Waals surface area contributed by atoms with Crippen LogP contribution in [0.3, 0.4) is 0 Å². The molecule has 0 aliphatic rings. The smallest absolute Gasteiger partial charge is 0.135 e. The standard InChI is InChI=1S/C8H16O2Si/c1-4-7-11-8(9-5-2)10-6-3/h1,8H,5-7,11H2,2-3H3. The van der Waals surface area contributed by atoms with Crippen molar-refractivity contribution in [3.8, 4) is 12.3 Å². The fraction of sp³-hybridized carbons (Fsp3) is 0.750. The van der Waals surface area contributed by atoms with Gasteiger partial charge >= 0.3 is 0 Å². The number of terminal acetylenes is 1. The summed E-state index contributed by atoms with van der Waals surface area (Å²) in [6.07, 6.45) is 5.14. The van der Waals surface area contributed by atoms with Crippen molar-refractivity contribution in [2.75, 3.05) is 13.2 Å². The molecule has 0 saturated carbocycles. The molecule has 0 aromatic rings. The van der Waals surface area contributed by atoms with Gasteiger partial charge in [0.2, 0.25) is 0 Å². The van der Waals surface area contributed by atoms with Crippen LogP contribution in [0.25, 0.3) is 0 Å². The van der Waals surface area contributed by atoms with E-state index in [1.54, 1.807) is 0 Å². The Kier molecular flexibility index (Phi) is 7.59. The third-order valence-corrected chi connectivity index (χ3v) is 2.75. The van der Waals surface area contributed by atoms with Gasteiger partial charge in [0.15, 0.2) is 0 Å². The predicted octanol–water partition coefficient (Wildman–Crippen LogP) is 0.563. The molecular formula is C8H16O2Si. The lowest BCUT2D eigenvalue weighted by Gasteiger charge is -2.14. The molecule has 0 atom stereocenters. The van der Waals surface area contributed by atoms with Crippen LogP contribution in [0.15, 0.2) is 0 Å². The first-order valence-electron chi connectivity index (χ1n) is 4.01. The minimum Gasteiger partial charge on any atom is -0.357 e. The van der Waals surface area contributed by atoms with Crippen molar-refractivity contribution in [3.05, 3.63) is 0 Å². The summed E-state index contributed by atoms with van der Waals surface area (Å²) in [5, 5.41) is 0. The van der Waals surface area contributed by atoms with Crippen LogP contribution in [0.5, 0.6) is 0 Å². The fourth-order valence-electron chi connectivity index (χ4n) is 0.788. The van der Waals surface area contributed by atoms with E-state index in [1.165, 1.54) is 0 Å². The van der Waals surface area contributed by atoms with Gasteiger partial charge in [0.05, 0.1) is 0 Å². The Morgan fingerprint density at radius 3 is 2.27 bits per heavy atom. The van der Waals surface area contributed by atoms with Crippen LogP contribution in [0.1, 0.15) is 13.8 Å². The molecule has 0 heterocycles. The van der Waals surface area contributed by atoms with Gasteiger partial charge in [0, 0.05) is 19.3 Å². The first-order valence-corrected chi connectivity index (χ1v) is 5.83. The van der Waals surface area contributed by atoms with E-state index in [0.29, 0.717) is 13.2 Å². The largest absolute Gasteiger partial charge is 0.357 e. The van der Waals surface area contributed by atoms with Crippen LogP contribution in [-0.4, -0.2) is 28.6 Å². The molecule has 3 heteroatoms. The van der Waals surface area contributed by atoms with Crippen LogP contribution in [0, 0.1) is 12.3 Å². The first kappa shape index (κ1) is 10.7. The van der Waals surface area contributed by atoms with Crippen molar-refractivity contribution in [2.24, 2.45) is 0 Å². The lowest BCUT2D eigenvalue weighted by molar-refractivity contribution is -0.0825. The lowest BCUT2D eigenvalue weighted by atomic mass is 10.8. The molecule has 0 fully saturated rings. The van der Waals surface area contributed by atoms with Gasteiger partial charge in [0.25, 0.3) is 0 Å². The van der Waals surface area contributed by atoms with Gasteiger partial charge < -0.3 is 9.47 Å². The van der Waals surface area contributed by atoms with Crippen LogP contribution >= 0.6 is 0 Å². The second-order valence-electron chi connectivity index (χ2n) is 2.08. The molecule has 0 unspecified atom stereocenters. The highest BCUT2D eigenvalue weighted by Crippen LogP contribution is 1.94. The van der Waals surface area contributed by atoms with Gasteiger partial charge in [-0.15, -0.1) is 12.3 Å². The molecule has 0 radical (unpaired) electrons. The molecule has 0 saturated heterocycles. The van der Waals surface area contributed by atoms with Crippen molar-refractivity contribution in [2.45, 2.75) is 25.8 Å². The minimum absolute atomic E-state index is 0.0287. The molecule has 0 amide bonds. The zero-order valence-electron chi connectivity index (χ0n) is 7.30. The molecule has 0 N–H and O–H groups in total. The molecule has 0 spiro atoms. The number of ether oxygens (including phenoxy) is 2. The van der Waals surface area contributed by atoms with Gasteiger partial charge in [-0.1, -0.05) is 0 Å². The Morgan fingerprint density at radius 2 is 1.91 bits per heavy atom. The average molecular weight is 172 g/mol. The van der Waals surface area contributed by atoms with E-state index in [1.807, 2.05) is 13.8 Å². The van der Waals surface area contributed by atoms with Gasteiger partial charge in [-0.25, -0.2) is 0 Å². The highest BCUT2D eigenvalue weighted by Gasteiger charge is 2.05. The normalized spacial score (nSPS) is 11.1. The third-order valence-electron chi connectivity index (χ3n) is 1.23. The average Bonchev–Trinajstić information content (AvgIpc) is 2.01. The first-order chi connectivity index (χ1) is 5.35. The Labute approximate surface area is 71.1 Å². The zero-order chi connectivity index (χ0) is 8.53. The van der Waals surface area contributed by atoms with Crippen molar-refractivity contribution in [3.63, 3.8) is 0 Å².